The molecule has 1 N–H and O–H groups in total. The molecule has 0 atom stereocenters. The van der Waals surface area contributed by atoms with Crippen molar-refractivity contribution < 1.29 is 35.9 Å². The molecule has 0 saturated carbocycles. The number of morpholine rings is 1. The zero-order valence-corrected chi connectivity index (χ0v) is 18.1. The summed E-state index contributed by atoms with van der Waals surface area (Å²) in [7, 11) is -2.34. The van der Waals surface area contributed by atoms with Gasteiger partial charge in [0.15, 0.2) is 0 Å². The summed E-state index contributed by atoms with van der Waals surface area (Å²) in [6, 6.07) is 9.06. The van der Waals surface area contributed by atoms with Crippen LogP contribution in [0.5, 0.6) is 5.75 Å². The highest BCUT2D eigenvalue weighted by atomic mass is 32.2. The van der Waals surface area contributed by atoms with E-state index in [2.05, 4.69) is 5.32 Å². The van der Waals surface area contributed by atoms with Crippen LogP contribution in [0.15, 0.2) is 47.4 Å². The maximum Gasteiger partial charge on any atom is 0.418 e. The molecule has 2 aromatic rings. The van der Waals surface area contributed by atoms with Crippen LogP contribution in [-0.4, -0.2) is 52.0 Å². The van der Waals surface area contributed by atoms with Crippen LogP contribution >= 0.6 is 0 Å². The highest BCUT2D eigenvalue weighted by molar-refractivity contribution is 7.89. The summed E-state index contributed by atoms with van der Waals surface area (Å²) in [4.78, 5) is 12.4. The van der Waals surface area contributed by atoms with E-state index >= 15 is 0 Å². The number of hydrogen-bond acceptors (Lipinski definition) is 5. The van der Waals surface area contributed by atoms with Gasteiger partial charge < -0.3 is 14.8 Å². The average molecular weight is 472 g/mol. The lowest BCUT2D eigenvalue weighted by Crippen LogP contribution is -2.40. The molecule has 0 radical (unpaired) electrons. The van der Waals surface area contributed by atoms with Crippen molar-refractivity contribution in [1.29, 1.82) is 0 Å². The van der Waals surface area contributed by atoms with Crippen LogP contribution in [0.25, 0.3) is 0 Å². The first kappa shape index (κ1) is 24.0. The zero-order chi connectivity index (χ0) is 23.4. The molecule has 0 aromatic heterocycles. The quantitative estimate of drug-likeness (QED) is 0.669. The second kappa shape index (κ2) is 9.88. The molecule has 11 heteroatoms. The second-order valence-electron chi connectivity index (χ2n) is 7.08. The Morgan fingerprint density at radius 1 is 1.16 bits per heavy atom. The normalized spacial score (nSPS) is 15.4. The minimum Gasteiger partial charge on any atom is -0.496 e. The predicted molar refractivity (Wildman–Crippen MR) is 111 cm³/mol. The predicted octanol–water partition coefficient (Wildman–Crippen LogP) is 3.31. The van der Waals surface area contributed by atoms with Crippen LogP contribution in [0.3, 0.4) is 0 Å². The number of hydrogen-bond donors (Lipinski definition) is 1. The highest BCUT2D eigenvalue weighted by Crippen LogP contribution is 2.34. The summed E-state index contributed by atoms with van der Waals surface area (Å²) in [5.74, 6) is -0.250. The van der Waals surface area contributed by atoms with Gasteiger partial charge in [-0.25, -0.2) is 8.42 Å². The van der Waals surface area contributed by atoms with Crippen LogP contribution in [0.4, 0.5) is 18.9 Å². The van der Waals surface area contributed by atoms with Gasteiger partial charge in [0, 0.05) is 19.5 Å². The Hall–Kier alpha value is -2.63. The summed E-state index contributed by atoms with van der Waals surface area (Å²) in [5.41, 5.74) is -0.814. The minimum absolute atomic E-state index is 0.0537. The summed E-state index contributed by atoms with van der Waals surface area (Å²) >= 11 is 0. The van der Waals surface area contributed by atoms with Crippen molar-refractivity contribution in [1.82, 2.24) is 4.31 Å². The molecule has 7 nitrogen and oxygen atoms in total. The Morgan fingerprint density at radius 3 is 2.50 bits per heavy atom. The van der Waals surface area contributed by atoms with E-state index in [1.807, 2.05) is 0 Å². The van der Waals surface area contributed by atoms with Gasteiger partial charge in [-0.1, -0.05) is 12.1 Å². The molecule has 1 aliphatic rings. The van der Waals surface area contributed by atoms with E-state index in [0.717, 1.165) is 6.07 Å². The number of nitrogens with zero attached hydrogens (tertiary/aromatic N) is 1. The summed E-state index contributed by atoms with van der Waals surface area (Å²) in [6.07, 6.45) is -4.69. The molecule has 1 heterocycles. The molecule has 0 aliphatic carbocycles. The molecular weight excluding hydrogens is 449 g/mol. The Bertz CT molecular complexity index is 1070. The largest absolute Gasteiger partial charge is 0.496 e. The summed E-state index contributed by atoms with van der Waals surface area (Å²) in [6.45, 7) is 1.10. The Kier molecular flexibility index (Phi) is 7.42. The van der Waals surface area contributed by atoms with Crippen LogP contribution in [0.2, 0.25) is 0 Å². The van der Waals surface area contributed by atoms with Crippen molar-refractivity contribution >= 4 is 21.6 Å². The molecule has 174 valence electrons. The van der Waals surface area contributed by atoms with Gasteiger partial charge in [-0.3, -0.25) is 4.79 Å². The van der Waals surface area contributed by atoms with Crippen LogP contribution < -0.4 is 10.1 Å². The standard InChI is InChI=1S/C21H23F3N2O5S/c1-30-19-8-7-16(32(28,29)26-10-12-31-13-11-26)14-15(19)6-9-20(27)25-18-5-3-2-4-17(18)21(22,23)24/h2-5,7-8,14H,6,9-13H2,1H3,(H,25,27). The van der Waals surface area contributed by atoms with Gasteiger partial charge in [-0.05, 0) is 42.3 Å². The number of carbonyl (C=O) groups is 1. The maximum atomic E-state index is 13.1. The number of sulfonamides is 1. The number of anilines is 1. The second-order valence-corrected chi connectivity index (χ2v) is 9.02. The van der Waals surface area contributed by atoms with E-state index in [1.54, 1.807) is 0 Å². The number of nitrogens with one attached hydrogen (secondary N) is 1. The number of alkyl halides is 3. The lowest BCUT2D eigenvalue weighted by molar-refractivity contribution is -0.137. The molecule has 0 unspecified atom stereocenters. The molecule has 1 aliphatic heterocycles. The van der Waals surface area contributed by atoms with Crippen molar-refractivity contribution in [3.8, 4) is 5.75 Å². The van der Waals surface area contributed by atoms with Crippen LogP contribution in [0, 0.1) is 0 Å². The van der Waals surface area contributed by atoms with E-state index in [-0.39, 0.29) is 36.5 Å². The van der Waals surface area contributed by atoms with E-state index in [9.17, 15) is 26.4 Å². The average Bonchev–Trinajstić information content (AvgIpc) is 2.77. The summed E-state index contributed by atoms with van der Waals surface area (Å²) in [5, 5.41) is 2.28. The molecular formula is C21H23F3N2O5S. The van der Waals surface area contributed by atoms with Gasteiger partial charge in [-0.2, -0.15) is 17.5 Å². The first-order valence-corrected chi connectivity index (χ1v) is 11.3. The Balaban J connectivity index is 1.75. The highest BCUT2D eigenvalue weighted by Gasteiger charge is 2.33. The van der Waals surface area contributed by atoms with Gasteiger partial charge in [-0.15, -0.1) is 0 Å². The minimum atomic E-state index is -4.60. The van der Waals surface area contributed by atoms with E-state index < -0.39 is 27.7 Å². The first-order chi connectivity index (χ1) is 15.1. The SMILES string of the molecule is COc1ccc(S(=O)(=O)N2CCOCC2)cc1CCC(=O)Nc1ccccc1C(F)(F)F. The zero-order valence-electron chi connectivity index (χ0n) is 17.3. The maximum absolute atomic E-state index is 13.1. The fourth-order valence-electron chi connectivity index (χ4n) is 3.35. The number of aryl methyl sites for hydroxylation is 1. The van der Waals surface area contributed by atoms with Gasteiger partial charge in [0.1, 0.15) is 5.75 Å². The Labute approximate surface area is 184 Å². The van der Waals surface area contributed by atoms with Crippen LogP contribution in [-0.2, 0) is 32.2 Å². The summed E-state index contributed by atoms with van der Waals surface area (Å²) < 4.78 is 76.9. The van der Waals surface area contributed by atoms with Crippen molar-refractivity contribution in [2.24, 2.45) is 0 Å². The number of methoxy groups -OCH3 is 1. The molecule has 32 heavy (non-hydrogen) atoms. The van der Waals surface area contributed by atoms with Crippen molar-refractivity contribution in [3.63, 3.8) is 0 Å². The number of para-hydroxylation sites is 1. The molecule has 0 bridgehead atoms. The van der Waals surface area contributed by atoms with Gasteiger partial charge >= 0.3 is 6.18 Å². The van der Waals surface area contributed by atoms with Gasteiger partial charge in [0.05, 0.1) is 36.5 Å². The third-order valence-corrected chi connectivity index (χ3v) is 6.88. The lowest BCUT2D eigenvalue weighted by atomic mass is 10.1. The van der Waals surface area contributed by atoms with Crippen molar-refractivity contribution in [3.05, 3.63) is 53.6 Å². The molecule has 1 fully saturated rings. The first-order valence-electron chi connectivity index (χ1n) is 9.84. The van der Waals surface area contributed by atoms with Gasteiger partial charge in [0.25, 0.3) is 0 Å². The smallest absolute Gasteiger partial charge is 0.418 e. The molecule has 1 saturated heterocycles. The third-order valence-electron chi connectivity index (χ3n) is 4.99. The number of rotatable bonds is 7. The fraction of sp³-hybridized carbons (Fsp3) is 0.381. The van der Waals surface area contributed by atoms with E-state index in [0.29, 0.717) is 24.5 Å². The third kappa shape index (κ3) is 5.59. The Morgan fingerprint density at radius 2 is 1.84 bits per heavy atom. The van der Waals surface area contributed by atoms with Gasteiger partial charge in [0.2, 0.25) is 15.9 Å². The van der Waals surface area contributed by atoms with Crippen molar-refractivity contribution in [2.75, 3.05) is 38.7 Å². The lowest BCUT2D eigenvalue weighted by Gasteiger charge is -2.26. The van der Waals surface area contributed by atoms with Crippen molar-refractivity contribution in [2.45, 2.75) is 23.9 Å². The fourth-order valence-corrected chi connectivity index (χ4v) is 4.81. The number of ether oxygens (including phenoxy) is 2. The molecule has 0 spiro atoms. The van der Waals surface area contributed by atoms with E-state index in [4.69, 9.17) is 9.47 Å². The topological polar surface area (TPSA) is 84.9 Å². The molecule has 2 aromatic carbocycles. The monoisotopic (exact) mass is 472 g/mol. The van der Waals surface area contributed by atoms with Crippen LogP contribution in [0.1, 0.15) is 17.5 Å². The number of benzene rings is 2. The number of carbonyl (C=O) groups excluding carboxylic acids is 1. The molecule has 3 rings (SSSR count). The van der Waals surface area contributed by atoms with E-state index in [1.165, 1.54) is 47.8 Å². The number of halogens is 3. The number of amides is 1. The molecule has 1 amide bonds.